The number of aromatic nitrogens is 2. The van der Waals surface area contributed by atoms with Crippen molar-refractivity contribution in [3.63, 3.8) is 0 Å². The van der Waals surface area contributed by atoms with Crippen LogP contribution in [0.25, 0.3) is 0 Å². The van der Waals surface area contributed by atoms with E-state index in [1.807, 2.05) is 0 Å². The fourth-order valence-corrected chi connectivity index (χ4v) is 2.02. The quantitative estimate of drug-likeness (QED) is 0.693. The molecule has 0 aliphatic rings. The van der Waals surface area contributed by atoms with Gasteiger partial charge < -0.3 is 5.32 Å². The highest BCUT2D eigenvalue weighted by atomic mass is 19.2. The normalized spacial score (nSPS) is 10.5. The minimum atomic E-state index is -1.08. The molecule has 1 amide bonds. The van der Waals surface area contributed by atoms with Gasteiger partial charge in [0.05, 0.1) is 4.92 Å². The number of amides is 1. The average Bonchev–Trinajstić information content (AvgIpc) is 2.68. The lowest BCUT2D eigenvalue weighted by Gasteiger charge is -2.06. The highest BCUT2D eigenvalue weighted by Gasteiger charge is 2.22. The number of nitro groups is 1. The van der Waals surface area contributed by atoms with Crippen molar-refractivity contribution >= 4 is 17.3 Å². The lowest BCUT2D eigenvalue weighted by molar-refractivity contribution is -0.386. The Balaban J connectivity index is 2.14. The first kappa shape index (κ1) is 15.5. The van der Waals surface area contributed by atoms with E-state index >= 15 is 0 Å². The molecule has 9 heteroatoms. The number of hydrogen-bond donors (Lipinski definition) is 1. The summed E-state index contributed by atoms with van der Waals surface area (Å²) in [6.45, 7) is 2.66. The highest BCUT2D eigenvalue weighted by Crippen LogP contribution is 2.21. The second-order valence-corrected chi connectivity index (χ2v) is 4.61. The Morgan fingerprint density at radius 2 is 2.05 bits per heavy atom. The van der Waals surface area contributed by atoms with Gasteiger partial charge in [0, 0.05) is 11.8 Å². The zero-order valence-corrected chi connectivity index (χ0v) is 11.8. The Bertz CT molecular complexity index is 758. The molecule has 0 aliphatic heterocycles. The van der Waals surface area contributed by atoms with Crippen molar-refractivity contribution in [2.24, 2.45) is 0 Å². The molecule has 0 aliphatic carbocycles. The summed E-state index contributed by atoms with van der Waals surface area (Å²) in [5, 5.41) is 17.2. The zero-order chi connectivity index (χ0) is 16.4. The number of anilines is 1. The van der Waals surface area contributed by atoms with Gasteiger partial charge in [-0.3, -0.25) is 19.6 Å². The number of benzene rings is 1. The van der Waals surface area contributed by atoms with Gasteiger partial charge in [-0.1, -0.05) is 0 Å². The summed E-state index contributed by atoms with van der Waals surface area (Å²) >= 11 is 0. The molecule has 1 aromatic carbocycles. The molecule has 7 nitrogen and oxygen atoms in total. The second-order valence-electron chi connectivity index (χ2n) is 4.61. The minimum absolute atomic E-state index is 0.0833. The van der Waals surface area contributed by atoms with E-state index in [1.54, 1.807) is 0 Å². The molecule has 1 N–H and O–H groups in total. The number of nitrogens with zero attached hydrogens (tertiary/aromatic N) is 3. The van der Waals surface area contributed by atoms with Crippen molar-refractivity contribution in [1.29, 1.82) is 0 Å². The number of aryl methyl sites for hydroxylation is 1. The van der Waals surface area contributed by atoms with E-state index in [1.165, 1.54) is 24.6 Å². The van der Waals surface area contributed by atoms with E-state index in [0.717, 1.165) is 12.1 Å². The molecule has 1 aromatic heterocycles. The van der Waals surface area contributed by atoms with Gasteiger partial charge in [-0.25, -0.2) is 8.78 Å². The molecule has 1 heterocycles. The summed E-state index contributed by atoms with van der Waals surface area (Å²) < 4.78 is 27.0. The fraction of sp³-hybridized carbons (Fsp3) is 0.231. The van der Waals surface area contributed by atoms with Crippen LogP contribution in [0.5, 0.6) is 0 Å². The molecular formula is C13H12F2N4O3. The van der Waals surface area contributed by atoms with Crippen molar-refractivity contribution in [1.82, 2.24) is 9.78 Å². The molecule has 0 bridgehead atoms. The average molecular weight is 310 g/mol. The number of nitrogens with one attached hydrogen (secondary N) is 1. The number of rotatable bonds is 4. The van der Waals surface area contributed by atoms with Gasteiger partial charge in [0.15, 0.2) is 11.6 Å². The van der Waals surface area contributed by atoms with Crippen LogP contribution in [0.3, 0.4) is 0 Å². The predicted octanol–water partition coefficient (Wildman–Crippen LogP) is 2.33. The molecule has 0 fully saturated rings. The molecule has 116 valence electrons. The third-order valence-electron chi connectivity index (χ3n) is 3.02. The topological polar surface area (TPSA) is 90.1 Å². The summed E-state index contributed by atoms with van der Waals surface area (Å²) in [7, 11) is 0. The maximum atomic E-state index is 13.0. The number of halogens is 2. The van der Waals surface area contributed by atoms with Crippen LogP contribution in [0.4, 0.5) is 20.2 Å². The Hall–Kier alpha value is -2.84. The van der Waals surface area contributed by atoms with Crippen LogP contribution in [0, 0.1) is 35.6 Å². The Kier molecular flexibility index (Phi) is 4.15. The summed E-state index contributed by atoms with van der Waals surface area (Å²) in [5.74, 6) is -2.67. The predicted molar refractivity (Wildman–Crippen MR) is 73.3 cm³/mol. The number of carbonyl (C=O) groups excluding carboxylic acids is 1. The standard InChI is InChI=1S/C13H12F2N4O3/c1-7-13(19(21)22)8(2)18(17-7)6-12(20)16-9-3-4-10(14)11(15)5-9/h3-5H,6H2,1-2H3,(H,16,20). The van der Waals surface area contributed by atoms with E-state index in [9.17, 15) is 23.7 Å². The second kappa shape index (κ2) is 5.88. The van der Waals surface area contributed by atoms with Crippen LogP contribution in [0.1, 0.15) is 11.4 Å². The maximum Gasteiger partial charge on any atom is 0.312 e. The Morgan fingerprint density at radius 3 is 2.59 bits per heavy atom. The van der Waals surface area contributed by atoms with Gasteiger partial charge in [0.2, 0.25) is 5.91 Å². The van der Waals surface area contributed by atoms with Gasteiger partial charge in [-0.15, -0.1) is 0 Å². The third-order valence-corrected chi connectivity index (χ3v) is 3.02. The van der Waals surface area contributed by atoms with Crippen molar-refractivity contribution in [2.45, 2.75) is 20.4 Å². The Labute approximate surface area is 123 Å². The van der Waals surface area contributed by atoms with E-state index in [2.05, 4.69) is 10.4 Å². The third kappa shape index (κ3) is 3.08. The molecule has 22 heavy (non-hydrogen) atoms. The lowest BCUT2D eigenvalue weighted by atomic mass is 10.3. The molecule has 0 radical (unpaired) electrons. The van der Waals surface area contributed by atoms with E-state index in [4.69, 9.17) is 0 Å². The van der Waals surface area contributed by atoms with Crippen LogP contribution in [0.2, 0.25) is 0 Å². The smallest absolute Gasteiger partial charge is 0.312 e. The molecule has 0 unspecified atom stereocenters. The summed E-state index contributed by atoms with van der Waals surface area (Å²) in [4.78, 5) is 22.2. The van der Waals surface area contributed by atoms with Gasteiger partial charge in [-0.05, 0) is 26.0 Å². The van der Waals surface area contributed by atoms with Gasteiger partial charge >= 0.3 is 5.69 Å². The SMILES string of the molecule is Cc1nn(CC(=O)Nc2ccc(F)c(F)c2)c(C)c1[N+](=O)[O-]. The van der Waals surface area contributed by atoms with Crippen molar-refractivity contribution in [3.8, 4) is 0 Å². The van der Waals surface area contributed by atoms with Crippen molar-refractivity contribution in [2.75, 3.05) is 5.32 Å². The molecule has 2 rings (SSSR count). The van der Waals surface area contributed by atoms with E-state index in [-0.39, 0.29) is 29.3 Å². The minimum Gasteiger partial charge on any atom is -0.324 e. The summed E-state index contributed by atoms with van der Waals surface area (Å²) in [5.41, 5.74) is 0.367. The molecule has 0 atom stereocenters. The van der Waals surface area contributed by atoms with Crippen LogP contribution < -0.4 is 5.32 Å². The largest absolute Gasteiger partial charge is 0.324 e. The zero-order valence-electron chi connectivity index (χ0n) is 11.8. The first-order valence-corrected chi connectivity index (χ1v) is 6.23. The monoisotopic (exact) mass is 310 g/mol. The van der Waals surface area contributed by atoms with Gasteiger partial charge in [0.1, 0.15) is 17.9 Å². The first-order chi connectivity index (χ1) is 10.3. The first-order valence-electron chi connectivity index (χ1n) is 6.23. The van der Waals surface area contributed by atoms with Gasteiger partial charge in [0.25, 0.3) is 0 Å². The maximum absolute atomic E-state index is 13.0. The summed E-state index contributed by atoms with van der Waals surface area (Å²) in [6.07, 6.45) is 0. The van der Waals surface area contributed by atoms with Crippen LogP contribution in [-0.4, -0.2) is 20.6 Å². The van der Waals surface area contributed by atoms with Gasteiger partial charge in [-0.2, -0.15) is 5.10 Å². The van der Waals surface area contributed by atoms with Crippen LogP contribution >= 0.6 is 0 Å². The molecule has 0 saturated heterocycles. The van der Waals surface area contributed by atoms with Crippen LogP contribution in [-0.2, 0) is 11.3 Å². The molecule has 2 aromatic rings. The summed E-state index contributed by atoms with van der Waals surface area (Å²) in [6, 6.07) is 2.94. The van der Waals surface area contributed by atoms with E-state index in [0.29, 0.717) is 0 Å². The fourth-order valence-electron chi connectivity index (χ4n) is 2.02. The number of carbonyl (C=O) groups is 1. The van der Waals surface area contributed by atoms with Crippen molar-refractivity contribution < 1.29 is 18.5 Å². The molecule has 0 spiro atoms. The lowest BCUT2D eigenvalue weighted by Crippen LogP contribution is -2.20. The molecule has 0 saturated carbocycles. The Morgan fingerprint density at radius 1 is 1.36 bits per heavy atom. The van der Waals surface area contributed by atoms with Crippen LogP contribution in [0.15, 0.2) is 18.2 Å². The molecular weight excluding hydrogens is 298 g/mol. The number of hydrogen-bond acceptors (Lipinski definition) is 4. The highest BCUT2D eigenvalue weighted by molar-refractivity contribution is 5.90. The van der Waals surface area contributed by atoms with Crippen molar-refractivity contribution in [3.05, 3.63) is 51.3 Å². The van der Waals surface area contributed by atoms with E-state index < -0.39 is 22.5 Å².